The topological polar surface area (TPSA) is 95.5 Å². The second kappa shape index (κ2) is 6.41. The molecule has 1 amide bonds. The molecule has 2 aliphatic carbocycles. The van der Waals surface area contributed by atoms with Gasteiger partial charge in [0.05, 0.1) is 11.2 Å². The van der Waals surface area contributed by atoms with Gasteiger partial charge in [-0.05, 0) is 36.1 Å². The summed E-state index contributed by atoms with van der Waals surface area (Å²) in [6.07, 6.45) is 1.43. The molecular formula is C19H20N2O4S. The molecule has 0 saturated heterocycles. The summed E-state index contributed by atoms with van der Waals surface area (Å²) >= 11 is 0. The van der Waals surface area contributed by atoms with Crippen LogP contribution in [0, 0.1) is 5.92 Å². The lowest BCUT2D eigenvalue weighted by Gasteiger charge is -2.08. The van der Waals surface area contributed by atoms with Crippen LogP contribution in [0.25, 0.3) is 0 Å². The van der Waals surface area contributed by atoms with Crippen molar-refractivity contribution in [3.63, 3.8) is 0 Å². The molecule has 26 heavy (non-hydrogen) atoms. The average molecular weight is 372 g/mol. The van der Waals surface area contributed by atoms with Crippen LogP contribution in [0.4, 0.5) is 5.69 Å². The molecule has 4 rings (SSSR count). The van der Waals surface area contributed by atoms with Gasteiger partial charge in [-0.15, -0.1) is 0 Å². The molecule has 2 aliphatic rings. The van der Waals surface area contributed by atoms with E-state index in [1.807, 2.05) is 42.5 Å². The van der Waals surface area contributed by atoms with Crippen LogP contribution < -0.4 is 10.2 Å². The van der Waals surface area contributed by atoms with Crippen molar-refractivity contribution in [2.75, 3.05) is 4.72 Å². The van der Waals surface area contributed by atoms with Gasteiger partial charge in [-0.25, -0.2) is 13.9 Å². The van der Waals surface area contributed by atoms with Crippen molar-refractivity contribution in [1.29, 1.82) is 0 Å². The summed E-state index contributed by atoms with van der Waals surface area (Å²) in [5, 5.41) is 8.76. The highest BCUT2D eigenvalue weighted by Crippen LogP contribution is 2.60. The molecule has 3 N–H and O–H groups in total. The Hall–Kier alpha value is -2.38. The molecule has 0 aromatic heterocycles. The molecule has 0 aliphatic heterocycles. The lowest BCUT2D eigenvalue weighted by molar-refractivity contribution is -0.130. The number of sulfonamides is 1. The Morgan fingerprint density at radius 1 is 0.923 bits per heavy atom. The molecule has 7 heteroatoms. The number of carbonyl (C=O) groups is 1. The number of carbonyl (C=O) groups excluding carboxylic acids is 1. The molecule has 2 aromatic rings. The summed E-state index contributed by atoms with van der Waals surface area (Å²) in [4.78, 5) is 12.0. The molecule has 0 bridgehead atoms. The van der Waals surface area contributed by atoms with Gasteiger partial charge in [0.1, 0.15) is 0 Å². The molecule has 0 heterocycles. The first kappa shape index (κ1) is 17.1. The summed E-state index contributed by atoms with van der Waals surface area (Å²) in [5.41, 5.74) is 4.28. The zero-order chi connectivity index (χ0) is 18.3. The third-order valence-corrected chi connectivity index (χ3v) is 7.01. The van der Waals surface area contributed by atoms with E-state index in [0.29, 0.717) is 18.5 Å². The van der Waals surface area contributed by atoms with Crippen LogP contribution in [0.1, 0.15) is 35.8 Å². The standard InChI is InChI=1S/C19H20N2O4S/c22-19(20-23)18-16(12-4-2-1-3-5-12)17(18)13-6-8-14(9-7-13)21-26(24,25)15-10-11-15/h1-9,15-18,21,23H,10-11H2,(H,20,22). The quantitative estimate of drug-likeness (QED) is 0.536. The number of anilines is 1. The fraction of sp³-hybridized carbons (Fsp3) is 0.316. The second-order valence-corrected chi connectivity index (χ2v) is 8.89. The summed E-state index contributed by atoms with van der Waals surface area (Å²) in [5.74, 6) is -0.783. The smallest absolute Gasteiger partial charge is 0.247 e. The maximum atomic E-state index is 12.0. The van der Waals surface area contributed by atoms with E-state index >= 15 is 0 Å². The van der Waals surface area contributed by atoms with Gasteiger partial charge in [-0.2, -0.15) is 0 Å². The van der Waals surface area contributed by atoms with Crippen LogP contribution in [0.3, 0.4) is 0 Å². The van der Waals surface area contributed by atoms with Crippen LogP contribution in [0.2, 0.25) is 0 Å². The third kappa shape index (κ3) is 3.20. The molecule has 136 valence electrons. The van der Waals surface area contributed by atoms with Crippen molar-refractivity contribution in [3.05, 3.63) is 65.7 Å². The van der Waals surface area contributed by atoms with Crippen molar-refractivity contribution < 1.29 is 18.4 Å². The van der Waals surface area contributed by atoms with Gasteiger partial charge in [0.15, 0.2) is 0 Å². The average Bonchev–Trinajstić information content (AvgIpc) is 3.55. The van der Waals surface area contributed by atoms with E-state index < -0.39 is 15.9 Å². The van der Waals surface area contributed by atoms with E-state index in [4.69, 9.17) is 5.21 Å². The van der Waals surface area contributed by atoms with Gasteiger partial charge in [0, 0.05) is 17.5 Å². The van der Waals surface area contributed by atoms with E-state index in [1.54, 1.807) is 17.6 Å². The van der Waals surface area contributed by atoms with E-state index in [9.17, 15) is 13.2 Å². The second-order valence-electron chi connectivity index (χ2n) is 6.93. The van der Waals surface area contributed by atoms with Gasteiger partial charge in [-0.1, -0.05) is 42.5 Å². The number of amides is 1. The van der Waals surface area contributed by atoms with Gasteiger partial charge in [0.25, 0.3) is 0 Å². The fourth-order valence-corrected chi connectivity index (χ4v) is 5.00. The van der Waals surface area contributed by atoms with Gasteiger partial charge in [-0.3, -0.25) is 14.7 Å². The van der Waals surface area contributed by atoms with Crippen LogP contribution in [-0.2, 0) is 14.8 Å². The van der Waals surface area contributed by atoms with Crippen LogP contribution >= 0.6 is 0 Å². The number of nitrogens with one attached hydrogen (secondary N) is 2. The highest BCUT2D eigenvalue weighted by Gasteiger charge is 2.56. The van der Waals surface area contributed by atoms with Crippen LogP contribution in [-0.4, -0.2) is 24.8 Å². The summed E-state index contributed by atoms with van der Waals surface area (Å²) in [6.45, 7) is 0. The van der Waals surface area contributed by atoms with Gasteiger partial charge >= 0.3 is 0 Å². The molecule has 2 fully saturated rings. The maximum Gasteiger partial charge on any atom is 0.247 e. The number of rotatable bonds is 6. The van der Waals surface area contributed by atoms with E-state index in [2.05, 4.69) is 4.72 Å². The number of hydrogen-bond acceptors (Lipinski definition) is 4. The molecule has 2 saturated carbocycles. The Morgan fingerprint density at radius 3 is 2.04 bits per heavy atom. The first-order valence-corrected chi connectivity index (χ1v) is 10.2. The molecule has 3 unspecified atom stereocenters. The van der Waals surface area contributed by atoms with E-state index in [1.165, 1.54) is 0 Å². The monoisotopic (exact) mass is 372 g/mol. The first-order valence-electron chi connectivity index (χ1n) is 8.62. The van der Waals surface area contributed by atoms with Crippen LogP contribution in [0.15, 0.2) is 54.6 Å². The molecular weight excluding hydrogens is 352 g/mol. The Labute approximate surface area is 152 Å². The summed E-state index contributed by atoms with van der Waals surface area (Å²) in [7, 11) is -3.29. The predicted octanol–water partition coefficient (Wildman–Crippen LogP) is 2.59. The minimum atomic E-state index is -3.29. The number of benzene rings is 2. The van der Waals surface area contributed by atoms with Crippen molar-refractivity contribution in [2.45, 2.75) is 29.9 Å². The summed E-state index contributed by atoms with van der Waals surface area (Å²) in [6, 6.07) is 16.9. The van der Waals surface area contributed by atoms with Crippen molar-refractivity contribution >= 4 is 21.6 Å². The Bertz CT molecular complexity index is 908. The molecule has 6 nitrogen and oxygen atoms in total. The number of hydroxylamine groups is 1. The number of hydrogen-bond donors (Lipinski definition) is 3. The van der Waals surface area contributed by atoms with Crippen molar-refractivity contribution in [2.24, 2.45) is 5.92 Å². The van der Waals surface area contributed by atoms with Crippen molar-refractivity contribution in [3.8, 4) is 0 Å². The maximum absolute atomic E-state index is 12.0. The molecule has 2 aromatic carbocycles. The zero-order valence-corrected chi connectivity index (χ0v) is 14.8. The third-order valence-electron chi connectivity index (χ3n) is 5.14. The highest BCUT2D eigenvalue weighted by molar-refractivity contribution is 7.93. The minimum Gasteiger partial charge on any atom is -0.289 e. The SMILES string of the molecule is O=C(NO)C1C(c2ccccc2)C1c1ccc(NS(=O)(=O)C2CC2)cc1. The predicted molar refractivity (Wildman–Crippen MR) is 97.3 cm³/mol. The lowest BCUT2D eigenvalue weighted by Crippen LogP contribution is -2.21. The Balaban J connectivity index is 1.55. The summed E-state index contributed by atoms with van der Waals surface area (Å²) < 4.78 is 26.6. The Morgan fingerprint density at radius 2 is 1.50 bits per heavy atom. The molecule has 0 spiro atoms. The molecule has 0 radical (unpaired) electrons. The van der Waals surface area contributed by atoms with Crippen molar-refractivity contribution in [1.82, 2.24) is 5.48 Å². The lowest BCUT2D eigenvalue weighted by atomic mass is 10.0. The molecule has 3 atom stereocenters. The minimum absolute atomic E-state index is 0.00245. The van der Waals surface area contributed by atoms with Crippen LogP contribution in [0.5, 0.6) is 0 Å². The van der Waals surface area contributed by atoms with Gasteiger partial charge in [0.2, 0.25) is 15.9 Å². The van der Waals surface area contributed by atoms with E-state index in [-0.39, 0.29) is 23.0 Å². The highest BCUT2D eigenvalue weighted by atomic mass is 32.2. The Kier molecular flexibility index (Phi) is 4.20. The fourth-order valence-electron chi connectivity index (χ4n) is 3.62. The van der Waals surface area contributed by atoms with E-state index in [0.717, 1.165) is 11.1 Å². The van der Waals surface area contributed by atoms with Gasteiger partial charge < -0.3 is 0 Å². The first-order chi connectivity index (χ1) is 12.5. The largest absolute Gasteiger partial charge is 0.289 e. The normalized spacial score (nSPS) is 24.7. The zero-order valence-electron chi connectivity index (χ0n) is 14.0.